The van der Waals surface area contributed by atoms with Gasteiger partial charge < -0.3 is 10.2 Å². The van der Waals surface area contributed by atoms with Crippen molar-refractivity contribution in [2.24, 2.45) is 0 Å². The highest BCUT2D eigenvalue weighted by Crippen LogP contribution is 2.35. The molecule has 0 bridgehead atoms. The summed E-state index contributed by atoms with van der Waals surface area (Å²) in [6.45, 7) is 0.844. The Morgan fingerprint density at radius 1 is 1.16 bits per heavy atom. The first-order valence-electron chi connectivity index (χ1n) is 8.35. The summed E-state index contributed by atoms with van der Waals surface area (Å²) in [5.41, 5.74) is 1.68. The van der Waals surface area contributed by atoms with Crippen LogP contribution >= 0.6 is 0 Å². The Bertz CT molecular complexity index is 951. The van der Waals surface area contributed by atoms with Crippen LogP contribution in [0.1, 0.15) is 12.8 Å². The molecule has 25 heavy (non-hydrogen) atoms. The van der Waals surface area contributed by atoms with Crippen molar-refractivity contribution in [3.63, 3.8) is 0 Å². The number of amides is 1. The number of carbonyl (C=O) groups excluding carboxylic acids is 1. The molecule has 1 saturated heterocycles. The molecular formula is C18H16N6O. The number of nitrogens with one attached hydrogen (secondary N) is 1. The van der Waals surface area contributed by atoms with Crippen LogP contribution in [0.3, 0.4) is 0 Å². The third-order valence-corrected chi connectivity index (χ3v) is 4.73. The summed E-state index contributed by atoms with van der Waals surface area (Å²) in [7, 11) is 0. The first-order valence-corrected chi connectivity index (χ1v) is 8.35. The number of imidazole rings is 1. The average molecular weight is 332 g/mol. The molecule has 7 heteroatoms. The molecule has 1 fully saturated rings. The second-order valence-electron chi connectivity index (χ2n) is 6.23. The standard InChI is InChI=1S/C18H16N6O/c25-17-14-7-4-9-23(14)16-13(21-17)11-20-18(22-16)24-10-8-19-15(24)12-5-2-1-3-6-12/h1-3,5-6,8,10-11,14H,4,7,9H2,(H,21,25)/t14-/m0/s1. The van der Waals surface area contributed by atoms with Crippen molar-refractivity contribution in [2.75, 3.05) is 16.8 Å². The van der Waals surface area contributed by atoms with Gasteiger partial charge >= 0.3 is 0 Å². The maximum absolute atomic E-state index is 12.2. The van der Waals surface area contributed by atoms with E-state index in [1.807, 2.05) is 41.1 Å². The molecule has 124 valence electrons. The van der Waals surface area contributed by atoms with Crippen LogP contribution in [0.5, 0.6) is 0 Å². The van der Waals surface area contributed by atoms with E-state index in [0.717, 1.165) is 36.6 Å². The fraction of sp³-hybridized carbons (Fsp3) is 0.222. The zero-order valence-corrected chi connectivity index (χ0v) is 13.5. The Balaban J connectivity index is 1.61. The maximum Gasteiger partial charge on any atom is 0.247 e. The van der Waals surface area contributed by atoms with Crippen molar-refractivity contribution in [3.05, 3.63) is 48.9 Å². The van der Waals surface area contributed by atoms with E-state index in [4.69, 9.17) is 4.98 Å². The van der Waals surface area contributed by atoms with Crippen LogP contribution in [0.4, 0.5) is 11.5 Å². The summed E-state index contributed by atoms with van der Waals surface area (Å²) in [5.74, 6) is 2.17. The van der Waals surface area contributed by atoms with E-state index in [0.29, 0.717) is 11.6 Å². The highest BCUT2D eigenvalue weighted by molar-refractivity contribution is 6.03. The lowest BCUT2D eigenvalue weighted by Crippen LogP contribution is -2.44. The molecule has 0 aliphatic carbocycles. The smallest absolute Gasteiger partial charge is 0.247 e. The Morgan fingerprint density at radius 2 is 2.04 bits per heavy atom. The fourth-order valence-corrected chi connectivity index (χ4v) is 3.56. The maximum atomic E-state index is 12.2. The van der Waals surface area contributed by atoms with Crippen molar-refractivity contribution in [1.29, 1.82) is 0 Å². The van der Waals surface area contributed by atoms with Gasteiger partial charge in [-0.1, -0.05) is 30.3 Å². The van der Waals surface area contributed by atoms with Crippen LogP contribution in [0, 0.1) is 0 Å². The van der Waals surface area contributed by atoms with E-state index in [1.54, 1.807) is 12.4 Å². The van der Waals surface area contributed by atoms with Gasteiger partial charge in [0.1, 0.15) is 17.6 Å². The molecule has 5 rings (SSSR count). The van der Waals surface area contributed by atoms with E-state index in [2.05, 4.69) is 20.2 Å². The van der Waals surface area contributed by atoms with Gasteiger partial charge in [0, 0.05) is 24.5 Å². The third kappa shape index (κ3) is 2.20. The summed E-state index contributed by atoms with van der Waals surface area (Å²) in [6, 6.07) is 9.83. The van der Waals surface area contributed by atoms with Gasteiger partial charge in [0.05, 0.1) is 6.20 Å². The molecule has 0 unspecified atom stereocenters. The van der Waals surface area contributed by atoms with Crippen molar-refractivity contribution >= 4 is 17.4 Å². The largest absolute Gasteiger partial charge is 0.343 e. The van der Waals surface area contributed by atoms with E-state index >= 15 is 0 Å². The number of rotatable bonds is 2. The Hall–Kier alpha value is -3.22. The Kier molecular flexibility index (Phi) is 3.06. The number of fused-ring (bicyclic) bond motifs is 3. The second kappa shape index (κ2) is 5.41. The Labute approximate surface area is 144 Å². The zero-order valence-electron chi connectivity index (χ0n) is 13.5. The minimum atomic E-state index is -0.119. The van der Waals surface area contributed by atoms with Crippen molar-refractivity contribution < 1.29 is 4.79 Å². The fourth-order valence-electron chi connectivity index (χ4n) is 3.56. The van der Waals surface area contributed by atoms with Crippen LogP contribution in [0.15, 0.2) is 48.9 Å². The molecule has 1 N–H and O–H groups in total. The predicted octanol–water partition coefficient (Wildman–Crippen LogP) is 2.25. The van der Waals surface area contributed by atoms with Crippen molar-refractivity contribution in [3.8, 4) is 17.3 Å². The molecule has 0 saturated carbocycles. The average Bonchev–Trinajstić information content (AvgIpc) is 3.32. The van der Waals surface area contributed by atoms with Gasteiger partial charge in [-0.3, -0.25) is 9.36 Å². The van der Waals surface area contributed by atoms with E-state index in [-0.39, 0.29) is 11.9 Å². The van der Waals surface area contributed by atoms with E-state index < -0.39 is 0 Å². The quantitative estimate of drug-likeness (QED) is 0.779. The number of carbonyl (C=O) groups is 1. The molecule has 2 aliphatic heterocycles. The molecule has 1 atom stereocenters. The monoisotopic (exact) mass is 332 g/mol. The summed E-state index contributed by atoms with van der Waals surface area (Å²) in [4.78, 5) is 27.9. The molecule has 4 heterocycles. The molecule has 2 aromatic heterocycles. The molecule has 0 radical (unpaired) electrons. The van der Waals surface area contributed by atoms with Gasteiger partial charge in [-0.05, 0) is 12.8 Å². The minimum absolute atomic E-state index is 0.0361. The molecule has 2 aliphatic rings. The molecule has 7 nitrogen and oxygen atoms in total. The number of hydrogen-bond acceptors (Lipinski definition) is 5. The Morgan fingerprint density at radius 3 is 2.92 bits per heavy atom. The lowest BCUT2D eigenvalue weighted by molar-refractivity contribution is -0.117. The topological polar surface area (TPSA) is 75.9 Å². The minimum Gasteiger partial charge on any atom is -0.343 e. The molecule has 3 aromatic rings. The van der Waals surface area contributed by atoms with E-state index in [9.17, 15) is 4.79 Å². The van der Waals surface area contributed by atoms with Gasteiger partial charge in [-0.15, -0.1) is 0 Å². The number of benzene rings is 1. The van der Waals surface area contributed by atoms with Crippen LogP contribution in [-0.4, -0.2) is 38.0 Å². The van der Waals surface area contributed by atoms with Crippen molar-refractivity contribution in [1.82, 2.24) is 19.5 Å². The van der Waals surface area contributed by atoms with Gasteiger partial charge in [0.15, 0.2) is 5.82 Å². The van der Waals surface area contributed by atoms with Crippen molar-refractivity contribution in [2.45, 2.75) is 18.9 Å². The van der Waals surface area contributed by atoms with Crippen LogP contribution < -0.4 is 10.2 Å². The predicted molar refractivity (Wildman–Crippen MR) is 93.6 cm³/mol. The molecule has 1 amide bonds. The number of nitrogens with zero attached hydrogens (tertiary/aromatic N) is 5. The SMILES string of the molecule is O=C1Nc2cnc(-n3ccnc3-c3ccccc3)nc2N2CCC[C@@H]12. The van der Waals surface area contributed by atoms with Crippen LogP contribution in [0.2, 0.25) is 0 Å². The normalized spacial score (nSPS) is 18.6. The molecular weight excluding hydrogens is 316 g/mol. The molecule has 1 aromatic carbocycles. The van der Waals surface area contributed by atoms with Gasteiger partial charge in [0.2, 0.25) is 11.9 Å². The number of aromatic nitrogens is 4. The van der Waals surface area contributed by atoms with Crippen LogP contribution in [0.25, 0.3) is 17.3 Å². The number of anilines is 2. The third-order valence-electron chi connectivity index (χ3n) is 4.73. The van der Waals surface area contributed by atoms with Gasteiger partial charge in [-0.25, -0.2) is 9.97 Å². The summed E-state index contributed by atoms with van der Waals surface area (Å²) < 4.78 is 1.87. The van der Waals surface area contributed by atoms with Gasteiger partial charge in [0.25, 0.3) is 0 Å². The highest BCUT2D eigenvalue weighted by atomic mass is 16.2. The summed E-state index contributed by atoms with van der Waals surface area (Å²) in [6.07, 6.45) is 7.14. The highest BCUT2D eigenvalue weighted by Gasteiger charge is 2.37. The summed E-state index contributed by atoms with van der Waals surface area (Å²) in [5, 5.41) is 2.92. The van der Waals surface area contributed by atoms with E-state index in [1.165, 1.54) is 0 Å². The van der Waals surface area contributed by atoms with Crippen LogP contribution in [-0.2, 0) is 4.79 Å². The second-order valence-corrected chi connectivity index (χ2v) is 6.23. The first kappa shape index (κ1) is 14.2. The first-order chi connectivity index (χ1) is 12.3. The molecule has 0 spiro atoms. The zero-order chi connectivity index (χ0) is 16.8. The van der Waals surface area contributed by atoms with Gasteiger partial charge in [-0.2, -0.15) is 4.98 Å². The lowest BCUT2D eigenvalue weighted by atomic mass is 10.1. The lowest BCUT2D eigenvalue weighted by Gasteiger charge is -2.31. The number of hydrogen-bond donors (Lipinski definition) is 1. The summed E-state index contributed by atoms with van der Waals surface area (Å²) >= 11 is 0.